The fourth-order valence-electron chi connectivity index (χ4n) is 9.68. The number of carbonyl (C=O) groups excluding carboxylic acids is 2. The van der Waals surface area contributed by atoms with Crippen LogP contribution in [-0.2, 0) is 31.9 Å². The minimum atomic E-state index is -2.55. The number of methoxy groups -OCH3 is 4. The first-order valence-electron chi connectivity index (χ1n) is 23.7. The Kier molecular flexibility index (Phi) is 15.1. The van der Waals surface area contributed by atoms with E-state index < -0.39 is 19.1 Å². The van der Waals surface area contributed by atoms with Gasteiger partial charge >= 0.3 is 11.9 Å². The van der Waals surface area contributed by atoms with Crippen LogP contribution in [0.4, 0.5) is 0 Å². The quantitative estimate of drug-likeness (QED) is 0.187. The number of nitrogens with zero attached hydrogens (tertiary/aromatic N) is 2. The molecule has 0 saturated carbocycles. The normalized spacial score (nSPS) is 25.9. The molecule has 4 aliphatic heterocycles. The fourth-order valence-corrected chi connectivity index (χ4v) is 9.68. The van der Waals surface area contributed by atoms with E-state index in [9.17, 15) is 9.59 Å². The summed E-state index contributed by atoms with van der Waals surface area (Å²) in [5, 5.41) is 0. The number of rotatable bonds is 14. The van der Waals surface area contributed by atoms with Gasteiger partial charge in [-0.05, 0) is 95.9 Å². The van der Waals surface area contributed by atoms with E-state index >= 15 is 0 Å². The van der Waals surface area contributed by atoms with Crippen molar-refractivity contribution in [3.63, 3.8) is 0 Å². The van der Waals surface area contributed by atoms with Crippen molar-refractivity contribution in [2.45, 2.75) is 130 Å². The highest BCUT2D eigenvalue weighted by Crippen LogP contribution is 2.46. The van der Waals surface area contributed by atoms with Crippen molar-refractivity contribution in [2.24, 2.45) is 47.0 Å². The van der Waals surface area contributed by atoms with Crippen molar-refractivity contribution in [1.29, 1.82) is 0 Å². The van der Waals surface area contributed by atoms with E-state index in [1.807, 2.05) is 33.8 Å². The number of ether oxygens (including phenoxy) is 6. The lowest BCUT2D eigenvalue weighted by Gasteiger charge is -2.47. The molecule has 4 heterocycles. The van der Waals surface area contributed by atoms with E-state index in [1.54, 1.807) is 20.3 Å². The second kappa shape index (κ2) is 21.0. The van der Waals surface area contributed by atoms with Gasteiger partial charge in [-0.1, -0.05) is 55.4 Å². The van der Waals surface area contributed by atoms with E-state index in [-0.39, 0.29) is 59.7 Å². The lowest BCUT2D eigenvalue weighted by atomic mass is 9.79. The molecular formula is C48H76N4O8. The summed E-state index contributed by atoms with van der Waals surface area (Å²) in [6, 6.07) is 6.92. The van der Waals surface area contributed by atoms with Gasteiger partial charge in [0, 0.05) is 62.9 Å². The summed E-state index contributed by atoms with van der Waals surface area (Å²) in [5.41, 5.74) is 16.8. The highest BCUT2D eigenvalue weighted by Gasteiger charge is 2.43. The van der Waals surface area contributed by atoms with E-state index in [4.69, 9.17) is 44.0 Å². The summed E-state index contributed by atoms with van der Waals surface area (Å²) < 4.78 is 56.1. The molecule has 12 nitrogen and oxygen atoms in total. The molecule has 2 aromatic rings. The number of hydrogen-bond donors (Lipinski definition) is 2. The zero-order valence-corrected chi connectivity index (χ0v) is 38.1. The van der Waals surface area contributed by atoms with Crippen molar-refractivity contribution in [1.82, 2.24) is 9.80 Å². The smallest absolute Gasteiger partial charge is 0.323 e. The molecule has 0 radical (unpaired) electrons. The second-order valence-electron chi connectivity index (χ2n) is 19.0. The Morgan fingerprint density at radius 3 is 1.33 bits per heavy atom. The molecule has 60 heavy (non-hydrogen) atoms. The topological polar surface area (TPSA) is 148 Å². The van der Waals surface area contributed by atoms with Crippen LogP contribution in [0.25, 0.3) is 0 Å². The van der Waals surface area contributed by atoms with Gasteiger partial charge in [-0.25, -0.2) is 0 Å². The third-order valence-electron chi connectivity index (χ3n) is 13.1. The summed E-state index contributed by atoms with van der Waals surface area (Å²) in [5.74, 6) is 3.20. The molecule has 0 spiro atoms. The number of hydrogen-bond acceptors (Lipinski definition) is 12. The lowest BCUT2D eigenvalue weighted by molar-refractivity contribution is -0.161. The van der Waals surface area contributed by atoms with Crippen LogP contribution in [0, 0.1) is 35.5 Å². The van der Waals surface area contributed by atoms with Crippen LogP contribution in [0.2, 0.25) is 0 Å². The standard InChI is InChI=1S/2C24H38N2O4/c2*1-14(2)9-17-13-26-8-7-16-10-21(28-5)22(29-6)11-18(16)19(26)12-20(17)30-24(27)23(25)15(3)4/h2*10-11,14-15,17,19-20,23H,7-9,12-13,25H2,1-6H3/t2*17-,19-,20+,23-/m00/s1/i5D3;. The monoisotopic (exact) mass is 840 g/mol. The van der Waals surface area contributed by atoms with Crippen LogP contribution in [-0.4, -0.2) is 101 Å². The molecule has 0 bridgehead atoms. The van der Waals surface area contributed by atoms with Crippen molar-refractivity contribution in [3.8, 4) is 23.0 Å². The molecule has 4 aliphatic rings. The number of piperidine rings is 2. The summed E-state index contributed by atoms with van der Waals surface area (Å²) in [4.78, 5) is 30.4. The van der Waals surface area contributed by atoms with Gasteiger partial charge in [0.25, 0.3) is 0 Å². The van der Waals surface area contributed by atoms with Crippen LogP contribution in [0.15, 0.2) is 24.3 Å². The molecule has 0 unspecified atom stereocenters. The Balaban J connectivity index is 0.000000239. The first-order valence-corrected chi connectivity index (χ1v) is 22.2. The maximum Gasteiger partial charge on any atom is 0.323 e. The minimum Gasteiger partial charge on any atom is -0.493 e. The summed E-state index contributed by atoms with van der Waals surface area (Å²) in [6.45, 7) is 20.2. The Morgan fingerprint density at radius 2 is 1.00 bits per heavy atom. The van der Waals surface area contributed by atoms with Crippen LogP contribution in [0.3, 0.4) is 0 Å². The maximum atomic E-state index is 12.7. The van der Waals surface area contributed by atoms with Gasteiger partial charge in [0.1, 0.15) is 24.3 Å². The Labute approximate surface area is 364 Å². The molecule has 2 aromatic carbocycles. The zero-order valence-electron chi connectivity index (χ0n) is 41.1. The molecule has 0 aromatic heterocycles. The Hall–Kier alpha value is -3.58. The second-order valence-corrected chi connectivity index (χ2v) is 19.0. The van der Waals surface area contributed by atoms with Gasteiger partial charge in [0.2, 0.25) is 0 Å². The van der Waals surface area contributed by atoms with E-state index in [1.165, 1.54) is 18.2 Å². The Morgan fingerprint density at radius 1 is 0.633 bits per heavy atom. The number of fused-ring (bicyclic) bond motifs is 6. The third kappa shape index (κ3) is 11.1. The molecule has 4 N–H and O–H groups in total. The predicted octanol–water partition coefficient (Wildman–Crippen LogP) is 7.13. The molecule has 6 rings (SSSR count). The van der Waals surface area contributed by atoms with Gasteiger partial charge in [0.05, 0.1) is 32.5 Å². The molecule has 8 atom stereocenters. The molecule has 336 valence electrons. The molecule has 2 saturated heterocycles. The predicted molar refractivity (Wildman–Crippen MR) is 236 cm³/mol. The highest BCUT2D eigenvalue weighted by molar-refractivity contribution is 5.76. The molecule has 2 fully saturated rings. The van der Waals surface area contributed by atoms with Crippen LogP contribution in [0.5, 0.6) is 23.0 Å². The SMILES string of the molecule is COc1cc2c(cc1OC)[C@@H]1C[C@@H](OC(=O)[C@@H](N)C(C)C)[C@@H](CC(C)C)CN1CC2.[2H]C([2H])([2H])Oc1cc2c(cc1OC)[C@@H]1C[C@@H](OC(=O)[C@@H](N)C(C)C)[C@@H](CC(C)C)CN1CC2. The third-order valence-corrected chi connectivity index (χ3v) is 13.1. The summed E-state index contributed by atoms with van der Waals surface area (Å²) in [7, 11) is 2.30. The van der Waals surface area contributed by atoms with Crippen LogP contribution in [0.1, 0.15) is 120 Å². The van der Waals surface area contributed by atoms with E-state index in [2.05, 4.69) is 49.6 Å². The molecule has 0 aliphatic carbocycles. The molecule has 12 heteroatoms. The largest absolute Gasteiger partial charge is 0.493 e. The number of carbonyl (C=O) groups is 2. The van der Waals surface area contributed by atoms with Crippen molar-refractivity contribution in [3.05, 3.63) is 46.5 Å². The van der Waals surface area contributed by atoms with Crippen LogP contribution >= 0.6 is 0 Å². The lowest BCUT2D eigenvalue weighted by Crippen LogP contribution is -2.51. The zero-order chi connectivity index (χ0) is 46.5. The summed E-state index contributed by atoms with van der Waals surface area (Å²) in [6.07, 6.45) is 4.91. The number of benzene rings is 2. The first kappa shape index (κ1) is 43.1. The molecule has 0 amide bonds. The fraction of sp³-hybridized carbons (Fsp3) is 0.708. The Bertz CT molecular complexity index is 1860. The van der Waals surface area contributed by atoms with Gasteiger partial charge < -0.3 is 39.9 Å². The highest BCUT2D eigenvalue weighted by atomic mass is 16.6. The van der Waals surface area contributed by atoms with Gasteiger partial charge in [0.15, 0.2) is 23.0 Å². The van der Waals surface area contributed by atoms with Crippen molar-refractivity contribution >= 4 is 11.9 Å². The number of nitrogens with two attached hydrogens (primary N) is 2. The van der Waals surface area contributed by atoms with Gasteiger partial charge in [-0.15, -0.1) is 0 Å². The van der Waals surface area contributed by atoms with Gasteiger partial charge in [-0.2, -0.15) is 0 Å². The maximum absolute atomic E-state index is 12.7. The number of esters is 2. The minimum absolute atomic E-state index is 0.0115. The van der Waals surface area contributed by atoms with E-state index in [0.29, 0.717) is 29.9 Å². The summed E-state index contributed by atoms with van der Waals surface area (Å²) >= 11 is 0. The average Bonchev–Trinajstić information content (AvgIpc) is 3.21. The molecular weight excluding hydrogens is 761 g/mol. The van der Waals surface area contributed by atoms with Gasteiger partial charge in [-0.3, -0.25) is 19.4 Å². The first-order chi connectivity index (χ1) is 29.6. The van der Waals surface area contributed by atoms with Crippen molar-refractivity contribution in [2.75, 3.05) is 54.5 Å². The average molecular weight is 840 g/mol. The van der Waals surface area contributed by atoms with E-state index in [0.717, 1.165) is 80.9 Å². The van der Waals surface area contributed by atoms with Crippen LogP contribution < -0.4 is 30.4 Å². The van der Waals surface area contributed by atoms with Crippen molar-refractivity contribution < 1.29 is 42.1 Å².